The van der Waals surface area contributed by atoms with Crippen molar-refractivity contribution in [1.29, 1.82) is 0 Å². The molecule has 3 aromatic carbocycles. The first-order valence-electron chi connectivity index (χ1n) is 6.87. The number of ketones is 1. The van der Waals surface area contributed by atoms with Crippen molar-refractivity contribution < 1.29 is 15.0 Å². The molecule has 0 heterocycles. The van der Waals surface area contributed by atoms with Crippen LogP contribution in [0.25, 0.3) is 11.1 Å². The van der Waals surface area contributed by atoms with E-state index in [1.54, 1.807) is 36.4 Å². The van der Waals surface area contributed by atoms with Crippen molar-refractivity contribution in [2.75, 3.05) is 0 Å². The summed E-state index contributed by atoms with van der Waals surface area (Å²) in [7, 11) is 0. The van der Waals surface area contributed by atoms with Gasteiger partial charge in [0.2, 0.25) is 0 Å². The van der Waals surface area contributed by atoms with Gasteiger partial charge in [0.15, 0.2) is 5.78 Å². The number of phenols is 2. The van der Waals surface area contributed by atoms with E-state index in [1.807, 2.05) is 24.3 Å². The highest BCUT2D eigenvalue weighted by Gasteiger charge is 2.09. The van der Waals surface area contributed by atoms with Gasteiger partial charge >= 0.3 is 0 Å². The molecule has 0 bridgehead atoms. The van der Waals surface area contributed by atoms with Gasteiger partial charge in [-0.2, -0.15) is 0 Å². The zero-order valence-electron chi connectivity index (χ0n) is 11.7. The Morgan fingerprint density at radius 2 is 0.864 bits per heavy atom. The van der Waals surface area contributed by atoms with Crippen LogP contribution in [0, 0.1) is 0 Å². The third-order valence-electron chi connectivity index (χ3n) is 3.48. The number of carbonyl (C=O) groups is 1. The SMILES string of the molecule is O=C(c1ccc(O)cc1)c1ccc(-c2ccc(O)cc2)cc1. The molecule has 22 heavy (non-hydrogen) atoms. The first-order valence-corrected chi connectivity index (χ1v) is 6.87. The smallest absolute Gasteiger partial charge is 0.193 e. The minimum atomic E-state index is -0.0859. The van der Waals surface area contributed by atoms with Crippen LogP contribution in [0.15, 0.2) is 72.8 Å². The molecule has 0 radical (unpaired) electrons. The van der Waals surface area contributed by atoms with Gasteiger partial charge in [-0.1, -0.05) is 36.4 Å². The first kappa shape index (κ1) is 13.9. The normalized spacial score (nSPS) is 10.4. The van der Waals surface area contributed by atoms with Crippen LogP contribution in [0.2, 0.25) is 0 Å². The average Bonchev–Trinajstić information content (AvgIpc) is 2.56. The molecule has 0 aliphatic heterocycles. The number of hydrogen-bond acceptors (Lipinski definition) is 3. The molecule has 3 aromatic rings. The molecule has 0 fully saturated rings. The van der Waals surface area contributed by atoms with Crippen molar-refractivity contribution in [1.82, 2.24) is 0 Å². The van der Waals surface area contributed by atoms with Gasteiger partial charge in [-0.15, -0.1) is 0 Å². The molecule has 0 saturated carbocycles. The first-order chi connectivity index (χ1) is 10.6. The van der Waals surface area contributed by atoms with Crippen molar-refractivity contribution >= 4 is 5.78 Å². The Balaban J connectivity index is 1.86. The van der Waals surface area contributed by atoms with E-state index in [0.29, 0.717) is 11.1 Å². The zero-order valence-corrected chi connectivity index (χ0v) is 11.7. The number of carbonyl (C=O) groups excluding carboxylic acids is 1. The van der Waals surface area contributed by atoms with Crippen LogP contribution in [0.5, 0.6) is 11.5 Å². The highest BCUT2D eigenvalue weighted by Crippen LogP contribution is 2.23. The Bertz CT molecular complexity index is 786. The van der Waals surface area contributed by atoms with Gasteiger partial charge in [0.25, 0.3) is 0 Å². The van der Waals surface area contributed by atoms with Gasteiger partial charge in [-0.3, -0.25) is 4.79 Å². The van der Waals surface area contributed by atoms with E-state index in [9.17, 15) is 15.0 Å². The molecule has 0 unspecified atom stereocenters. The van der Waals surface area contributed by atoms with Gasteiger partial charge in [-0.25, -0.2) is 0 Å². The van der Waals surface area contributed by atoms with E-state index in [0.717, 1.165) is 11.1 Å². The number of hydrogen-bond donors (Lipinski definition) is 2. The third-order valence-corrected chi connectivity index (χ3v) is 3.48. The largest absolute Gasteiger partial charge is 0.508 e. The summed E-state index contributed by atoms with van der Waals surface area (Å²) in [5.74, 6) is 0.277. The minimum absolute atomic E-state index is 0.0859. The van der Waals surface area contributed by atoms with E-state index in [1.165, 1.54) is 12.1 Å². The number of benzene rings is 3. The van der Waals surface area contributed by atoms with Crippen LogP contribution in [-0.2, 0) is 0 Å². The summed E-state index contributed by atoms with van der Waals surface area (Å²) >= 11 is 0. The number of aromatic hydroxyl groups is 2. The summed E-state index contributed by atoms with van der Waals surface area (Å²) in [4.78, 5) is 12.3. The summed E-state index contributed by atoms with van der Waals surface area (Å²) < 4.78 is 0. The quantitative estimate of drug-likeness (QED) is 0.717. The molecule has 0 amide bonds. The Hall–Kier alpha value is -3.07. The van der Waals surface area contributed by atoms with Crippen molar-refractivity contribution in [3.8, 4) is 22.6 Å². The van der Waals surface area contributed by atoms with Crippen molar-refractivity contribution in [3.05, 3.63) is 83.9 Å². The Morgan fingerprint density at radius 3 is 1.32 bits per heavy atom. The lowest BCUT2D eigenvalue weighted by Crippen LogP contribution is -2.00. The highest BCUT2D eigenvalue weighted by molar-refractivity contribution is 6.09. The van der Waals surface area contributed by atoms with Gasteiger partial charge in [0, 0.05) is 11.1 Å². The van der Waals surface area contributed by atoms with Gasteiger partial charge in [-0.05, 0) is 47.5 Å². The third kappa shape index (κ3) is 2.83. The maximum atomic E-state index is 12.3. The zero-order chi connectivity index (χ0) is 15.5. The lowest BCUT2D eigenvalue weighted by molar-refractivity contribution is 0.103. The van der Waals surface area contributed by atoms with Crippen LogP contribution < -0.4 is 0 Å². The molecule has 0 aliphatic rings. The van der Waals surface area contributed by atoms with Crippen molar-refractivity contribution in [2.24, 2.45) is 0 Å². The molecule has 0 spiro atoms. The van der Waals surface area contributed by atoms with E-state index < -0.39 is 0 Å². The molecular weight excluding hydrogens is 276 g/mol. The monoisotopic (exact) mass is 290 g/mol. The Kier molecular flexibility index (Phi) is 3.62. The summed E-state index contributed by atoms with van der Waals surface area (Å²) in [6, 6.07) is 20.4. The Labute approximate surface area is 128 Å². The average molecular weight is 290 g/mol. The molecule has 0 aromatic heterocycles. The predicted molar refractivity (Wildman–Crippen MR) is 85.1 cm³/mol. The Morgan fingerprint density at radius 1 is 0.545 bits per heavy atom. The van der Waals surface area contributed by atoms with Crippen LogP contribution in [0.1, 0.15) is 15.9 Å². The van der Waals surface area contributed by atoms with E-state index >= 15 is 0 Å². The molecule has 108 valence electrons. The van der Waals surface area contributed by atoms with E-state index in [4.69, 9.17) is 0 Å². The number of phenolic OH excluding ortho intramolecular Hbond substituents is 2. The van der Waals surface area contributed by atoms with Gasteiger partial charge in [0.1, 0.15) is 11.5 Å². The van der Waals surface area contributed by atoms with Crippen LogP contribution in [0.3, 0.4) is 0 Å². The second kappa shape index (κ2) is 5.74. The van der Waals surface area contributed by atoms with Gasteiger partial charge in [0.05, 0.1) is 0 Å². The summed E-state index contributed by atoms with van der Waals surface area (Å²) in [5, 5.41) is 18.6. The van der Waals surface area contributed by atoms with E-state index in [2.05, 4.69) is 0 Å². The molecule has 0 atom stereocenters. The van der Waals surface area contributed by atoms with Gasteiger partial charge < -0.3 is 10.2 Å². The highest BCUT2D eigenvalue weighted by atomic mass is 16.3. The fraction of sp³-hybridized carbons (Fsp3) is 0. The second-order valence-corrected chi connectivity index (χ2v) is 5.00. The summed E-state index contributed by atoms with van der Waals surface area (Å²) in [6.45, 7) is 0. The fourth-order valence-electron chi connectivity index (χ4n) is 2.25. The van der Waals surface area contributed by atoms with Crippen LogP contribution >= 0.6 is 0 Å². The maximum Gasteiger partial charge on any atom is 0.193 e. The topological polar surface area (TPSA) is 57.5 Å². The van der Waals surface area contributed by atoms with Crippen LogP contribution in [0.4, 0.5) is 0 Å². The molecule has 2 N–H and O–H groups in total. The molecule has 3 heteroatoms. The fourth-order valence-corrected chi connectivity index (χ4v) is 2.25. The molecular formula is C19H14O3. The standard InChI is InChI=1S/C19H14O3/c20-17-9-5-14(6-10-17)13-1-3-15(4-2-13)19(22)16-7-11-18(21)12-8-16/h1-12,20-21H. The molecule has 0 aliphatic carbocycles. The molecule has 0 saturated heterocycles. The van der Waals surface area contributed by atoms with Crippen molar-refractivity contribution in [2.45, 2.75) is 0 Å². The summed E-state index contributed by atoms with van der Waals surface area (Å²) in [5.41, 5.74) is 3.08. The predicted octanol–water partition coefficient (Wildman–Crippen LogP) is 4.00. The molecule has 3 rings (SSSR count). The lowest BCUT2D eigenvalue weighted by atomic mass is 9.99. The number of rotatable bonds is 3. The van der Waals surface area contributed by atoms with Crippen molar-refractivity contribution in [3.63, 3.8) is 0 Å². The second-order valence-electron chi connectivity index (χ2n) is 5.00. The maximum absolute atomic E-state index is 12.3. The molecule has 3 nitrogen and oxygen atoms in total. The lowest BCUT2D eigenvalue weighted by Gasteiger charge is -2.05. The van der Waals surface area contributed by atoms with E-state index in [-0.39, 0.29) is 17.3 Å². The van der Waals surface area contributed by atoms with Crippen LogP contribution in [-0.4, -0.2) is 16.0 Å². The summed E-state index contributed by atoms with van der Waals surface area (Å²) in [6.07, 6.45) is 0. The minimum Gasteiger partial charge on any atom is -0.508 e.